The summed E-state index contributed by atoms with van der Waals surface area (Å²) in [7, 11) is 0. The van der Waals surface area contributed by atoms with Crippen molar-refractivity contribution in [2.45, 2.75) is 82.2 Å². The standard InChI is InChI=1S/C24H30F3N3O3/c1-22(2,3)33-21(31)30-14-12-23(13-15-30,17-4-6-18(25)7-5-17)20-29-28-19(32-20)16-8-10-24(26,27)11-9-16/h4-7,16H,8-15H2,1-3H3. The van der Waals surface area contributed by atoms with Crippen LogP contribution < -0.4 is 0 Å². The first-order valence-corrected chi connectivity index (χ1v) is 11.4. The number of ether oxygens (including phenoxy) is 1. The van der Waals surface area contributed by atoms with E-state index in [0.29, 0.717) is 50.6 Å². The van der Waals surface area contributed by atoms with Gasteiger partial charge in [0, 0.05) is 31.8 Å². The number of aromatic nitrogens is 2. The summed E-state index contributed by atoms with van der Waals surface area (Å²) in [6.07, 6.45) is 0.802. The number of hydrogen-bond donors (Lipinski definition) is 0. The lowest BCUT2D eigenvalue weighted by Crippen LogP contribution is -2.47. The molecule has 0 spiro atoms. The van der Waals surface area contributed by atoms with E-state index in [2.05, 4.69) is 10.2 Å². The van der Waals surface area contributed by atoms with Crippen LogP contribution in [0.15, 0.2) is 28.7 Å². The van der Waals surface area contributed by atoms with Crippen LogP contribution >= 0.6 is 0 Å². The Morgan fingerprint density at radius 1 is 1.06 bits per heavy atom. The number of nitrogens with zero attached hydrogens (tertiary/aromatic N) is 3. The monoisotopic (exact) mass is 465 g/mol. The number of halogens is 3. The largest absolute Gasteiger partial charge is 0.444 e. The molecule has 1 aromatic heterocycles. The Balaban J connectivity index is 1.58. The number of amides is 1. The molecule has 0 radical (unpaired) electrons. The average molecular weight is 466 g/mol. The predicted molar refractivity (Wildman–Crippen MR) is 115 cm³/mol. The summed E-state index contributed by atoms with van der Waals surface area (Å²) in [6, 6.07) is 6.17. The summed E-state index contributed by atoms with van der Waals surface area (Å²) >= 11 is 0. The second kappa shape index (κ2) is 8.65. The number of hydrogen-bond acceptors (Lipinski definition) is 5. The Hall–Kier alpha value is -2.58. The number of likely N-dealkylation sites (tertiary alicyclic amines) is 1. The van der Waals surface area contributed by atoms with Crippen molar-refractivity contribution in [3.8, 4) is 0 Å². The molecule has 1 saturated heterocycles. The lowest BCUT2D eigenvalue weighted by molar-refractivity contribution is -0.0400. The van der Waals surface area contributed by atoms with Crippen LogP contribution in [0.5, 0.6) is 0 Å². The number of benzene rings is 1. The van der Waals surface area contributed by atoms with Gasteiger partial charge in [0.1, 0.15) is 11.4 Å². The Bertz CT molecular complexity index is 967. The van der Waals surface area contributed by atoms with E-state index in [1.807, 2.05) is 20.8 Å². The van der Waals surface area contributed by atoms with E-state index in [-0.39, 0.29) is 30.7 Å². The predicted octanol–water partition coefficient (Wildman–Crippen LogP) is 5.82. The van der Waals surface area contributed by atoms with E-state index >= 15 is 0 Å². The maximum absolute atomic E-state index is 13.6. The van der Waals surface area contributed by atoms with Crippen LogP contribution in [0.3, 0.4) is 0 Å². The zero-order valence-corrected chi connectivity index (χ0v) is 19.2. The van der Waals surface area contributed by atoms with Crippen molar-refractivity contribution in [3.05, 3.63) is 47.4 Å². The van der Waals surface area contributed by atoms with Gasteiger partial charge in [0.15, 0.2) is 0 Å². The fourth-order valence-electron chi connectivity index (χ4n) is 4.67. The molecule has 0 unspecified atom stereocenters. The van der Waals surface area contributed by atoms with Gasteiger partial charge in [-0.25, -0.2) is 18.0 Å². The van der Waals surface area contributed by atoms with Crippen molar-refractivity contribution >= 4 is 6.09 Å². The van der Waals surface area contributed by atoms with Crippen molar-refractivity contribution in [1.82, 2.24) is 15.1 Å². The number of piperidine rings is 1. The topological polar surface area (TPSA) is 68.5 Å². The number of carbonyl (C=O) groups excluding carboxylic acids is 1. The lowest BCUT2D eigenvalue weighted by Gasteiger charge is -2.40. The second-order valence-corrected chi connectivity index (χ2v) is 10.1. The van der Waals surface area contributed by atoms with Crippen molar-refractivity contribution in [1.29, 1.82) is 0 Å². The third-order valence-corrected chi connectivity index (χ3v) is 6.58. The molecule has 0 bridgehead atoms. The van der Waals surface area contributed by atoms with E-state index in [0.717, 1.165) is 5.56 Å². The van der Waals surface area contributed by atoms with Crippen molar-refractivity contribution in [3.63, 3.8) is 0 Å². The van der Waals surface area contributed by atoms with E-state index in [4.69, 9.17) is 9.15 Å². The van der Waals surface area contributed by atoms with Crippen LogP contribution in [0.25, 0.3) is 0 Å². The normalized spacial score (nSPS) is 21.1. The highest BCUT2D eigenvalue weighted by Gasteiger charge is 2.45. The van der Waals surface area contributed by atoms with Gasteiger partial charge in [-0.1, -0.05) is 12.1 Å². The summed E-state index contributed by atoms with van der Waals surface area (Å²) < 4.78 is 52.4. The molecule has 1 aliphatic heterocycles. The van der Waals surface area contributed by atoms with Crippen LogP contribution in [0.1, 0.15) is 82.6 Å². The fraction of sp³-hybridized carbons (Fsp3) is 0.625. The summed E-state index contributed by atoms with van der Waals surface area (Å²) in [4.78, 5) is 14.2. The Morgan fingerprint density at radius 2 is 1.67 bits per heavy atom. The SMILES string of the molecule is CC(C)(C)OC(=O)N1CCC(c2ccc(F)cc2)(c2nnc(C3CCC(F)(F)CC3)o2)CC1. The van der Waals surface area contributed by atoms with Crippen molar-refractivity contribution in [2.24, 2.45) is 0 Å². The molecule has 6 nitrogen and oxygen atoms in total. The van der Waals surface area contributed by atoms with Crippen LogP contribution in [0.2, 0.25) is 0 Å². The first-order valence-electron chi connectivity index (χ1n) is 11.4. The van der Waals surface area contributed by atoms with E-state index in [1.54, 1.807) is 17.0 Å². The van der Waals surface area contributed by atoms with Gasteiger partial charge in [0.25, 0.3) is 0 Å². The highest BCUT2D eigenvalue weighted by atomic mass is 19.3. The number of alkyl halides is 2. The van der Waals surface area contributed by atoms with E-state index in [9.17, 15) is 18.0 Å². The maximum atomic E-state index is 13.6. The highest BCUT2D eigenvalue weighted by Crippen LogP contribution is 2.44. The van der Waals surface area contributed by atoms with E-state index in [1.165, 1.54) is 12.1 Å². The third kappa shape index (κ3) is 5.17. The molecule has 1 aliphatic carbocycles. The van der Waals surface area contributed by atoms with Gasteiger partial charge in [0.2, 0.25) is 17.7 Å². The molecule has 2 aromatic rings. The molecule has 1 amide bonds. The molecular formula is C24H30F3N3O3. The minimum Gasteiger partial charge on any atom is -0.444 e. The first kappa shape index (κ1) is 23.6. The highest BCUT2D eigenvalue weighted by molar-refractivity contribution is 5.68. The van der Waals surface area contributed by atoms with Crippen molar-refractivity contribution in [2.75, 3.05) is 13.1 Å². The fourth-order valence-corrected chi connectivity index (χ4v) is 4.67. The van der Waals surface area contributed by atoms with E-state index < -0.39 is 16.9 Å². The molecule has 1 aromatic carbocycles. The van der Waals surface area contributed by atoms with Gasteiger partial charge in [-0.05, 0) is 64.2 Å². The summed E-state index contributed by atoms with van der Waals surface area (Å²) in [5.41, 5.74) is -0.477. The summed E-state index contributed by atoms with van der Waals surface area (Å²) in [5, 5.41) is 8.53. The molecule has 2 fully saturated rings. The van der Waals surface area contributed by atoms with Gasteiger partial charge in [-0.3, -0.25) is 0 Å². The summed E-state index contributed by atoms with van der Waals surface area (Å²) in [6.45, 7) is 6.26. The van der Waals surface area contributed by atoms with Crippen molar-refractivity contribution < 1.29 is 27.1 Å². The number of rotatable bonds is 3. The molecule has 1 saturated carbocycles. The Morgan fingerprint density at radius 3 is 2.24 bits per heavy atom. The maximum Gasteiger partial charge on any atom is 0.410 e. The van der Waals surface area contributed by atoms with Gasteiger partial charge < -0.3 is 14.1 Å². The molecule has 2 heterocycles. The molecule has 0 N–H and O–H groups in total. The number of carbonyl (C=O) groups is 1. The zero-order chi connectivity index (χ0) is 23.9. The second-order valence-electron chi connectivity index (χ2n) is 10.1. The van der Waals surface area contributed by atoms with Gasteiger partial charge in [-0.15, -0.1) is 10.2 Å². The third-order valence-electron chi connectivity index (χ3n) is 6.58. The zero-order valence-electron chi connectivity index (χ0n) is 19.2. The Kier molecular flexibility index (Phi) is 6.18. The van der Waals surface area contributed by atoms with Crippen LogP contribution in [0, 0.1) is 5.82 Å². The molecule has 180 valence electrons. The molecular weight excluding hydrogens is 435 g/mol. The molecule has 33 heavy (non-hydrogen) atoms. The minimum absolute atomic E-state index is 0.191. The molecule has 0 atom stereocenters. The minimum atomic E-state index is -2.64. The Labute approximate surface area is 191 Å². The molecule has 9 heteroatoms. The van der Waals surface area contributed by atoms with Crippen LogP contribution in [0.4, 0.5) is 18.0 Å². The van der Waals surface area contributed by atoms with Crippen LogP contribution in [-0.4, -0.2) is 45.8 Å². The quantitative estimate of drug-likeness (QED) is 0.572. The first-order chi connectivity index (χ1) is 15.5. The smallest absolute Gasteiger partial charge is 0.410 e. The van der Waals surface area contributed by atoms with Crippen LogP contribution in [-0.2, 0) is 10.2 Å². The average Bonchev–Trinajstić information content (AvgIpc) is 3.24. The molecule has 4 rings (SSSR count). The molecule has 2 aliphatic rings. The lowest BCUT2D eigenvalue weighted by atomic mass is 9.72. The van der Waals surface area contributed by atoms with Gasteiger partial charge in [-0.2, -0.15) is 0 Å². The van der Waals surface area contributed by atoms with Gasteiger partial charge >= 0.3 is 6.09 Å². The van der Waals surface area contributed by atoms with Gasteiger partial charge in [0.05, 0.1) is 5.41 Å². The summed E-state index contributed by atoms with van der Waals surface area (Å²) in [5.74, 6) is -2.43.